The Morgan fingerprint density at radius 2 is 1.87 bits per heavy atom. The zero-order valence-corrected chi connectivity index (χ0v) is 11.6. The highest BCUT2D eigenvalue weighted by atomic mass is 28.3. The quantitative estimate of drug-likeness (QED) is 0.787. The summed E-state index contributed by atoms with van der Waals surface area (Å²) in [6.45, 7) is 13.4. The molecular formula is C12H22O2Si. The van der Waals surface area contributed by atoms with Crippen molar-refractivity contribution in [1.82, 2.24) is 0 Å². The van der Waals surface area contributed by atoms with Gasteiger partial charge in [-0.2, -0.15) is 0 Å². The fourth-order valence-corrected chi connectivity index (χ4v) is 3.61. The minimum absolute atomic E-state index is 0.0825. The number of aliphatic hydroxyl groups excluding tert-OH is 1. The van der Waals surface area contributed by atoms with Crippen molar-refractivity contribution in [1.29, 1.82) is 0 Å². The fraction of sp³-hybridized carbons (Fsp3) is 0.667. The lowest BCUT2D eigenvalue weighted by molar-refractivity contribution is 0.282. The van der Waals surface area contributed by atoms with E-state index in [4.69, 9.17) is 4.42 Å². The second kappa shape index (κ2) is 3.80. The van der Waals surface area contributed by atoms with E-state index in [2.05, 4.69) is 33.9 Å². The maximum absolute atomic E-state index is 9.32. The van der Waals surface area contributed by atoms with Gasteiger partial charge in [-0.3, -0.25) is 0 Å². The van der Waals surface area contributed by atoms with Gasteiger partial charge < -0.3 is 9.52 Å². The molecule has 0 saturated heterocycles. The second-order valence-corrected chi connectivity index (χ2v) is 10.9. The molecule has 0 aliphatic carbocycles. The summed E-state index contributed by atoms with van der Waals surface area (Å²) >= 11 is 0. The summed E-state index contributed by atoms with van der Waals surface area (Å²) < 4.78 is 5.80. The Morgan fingerprint density at radius 1 is 1.33 bits per heavy atom. The molecule has 1 N–H and O–H groups in total. The number of aryl methyl sites for hydroxylation is 1. The lowest BCUT2D eigenvalue weighted by atomic mass is 10.2. The van der Waals surface area contributed by atoms with Gasteiger partial charge in [-0.1, -0.05) is 33.9 Å². The van der Waals surface area contributed by atoms with Crippen molar-refractivity contribution >= 4 is 13.5 Å². The molecule has 0 aliphatic heterocycles. The normalized spacial score (nSPS) is 13.3. The van der Waals surface area contributed by atoms with E-state index in [-0.39, 0.29) is 11.6 Å². The van der Waals surface area contributed by atoms with Crippen LogP contribution in [0.25, 0.3) is 0 Å². The highest BCUT2D eigenvalue weighted by Crippen LogP contribution is 2.36. The van der Waals surface area contributed by atoms with Gasteiger partial charge in [0, 0.05) is 5.56 Å². The molecule has 0 aromatic carbocycles. The predicted octanol–water partition coefficient (Wildman–Crippen LogP) is 2.80. The Labute approximate surface area is 93.3 Å². The van der Waals surface area contributed by atoms with E-state index in [1.165, 1.54) is 0 Å². The zero-order valence-electron chi connectivity index (χ0n) is 10.6. The predicted molar refractivity (Wildman–Crippen MR) is 66.2 cm³/mol. The van der Waals surface area contributed by atoms with Crippen LogP contribution in [0.1, 0.15) is 32.1 Å². The van der Waals surface area contributed by atoms with Gasteiger partial charge in [-0.05, 0) is 18.0 Å². The summed E-state index contributed by atoms with van der Waals surface area (Å²) in [6, 6.07) is 1.95. The van der Waals surface area contributed by atoms with E-state index in [0.29, 0.717) is 0 Å². The van der Waals surface area contributed by atoms with Gasteiger partial charge in [0.2, 0.25) is 0 Å². The van der Waals surface area contributed by atoms with Crippen LogP contribution in [0, 0.1) is 6.92 Å². The first-order valence-corrected chi connectivity index (χ1v) is 8.41. The van der Waals surface area contributed by atoms with Gasteiger partial charge in [-0.15, -0.1) is 0 Å². The average molecular weight is 226 g/mol. The van der Waals surface area contributed by atoms with Crippen molar-refractivity contribution in [2.45, 2.75) is 52.4 Å². The van der Waals surface area contributed by atoms with Crippen LogP contribution in [0.15, 0.2) is 10.5 Å². The molecule has 0 radical (unpaired) electrons. The molecule has 1 rings (SSSR count). The van der Waals surface area contributed by atoms with Gasteiger partial charge in [0.15, 0.2) is 0 Å². The number of furan rings is 1. The van der Waals surface area contributed by atoms with E-state index in [0.717, 1.165) is 16.7 Å². The number of aliphatic hydroxyl groups is 1. The Hall–Kier alpha value is -0.543. The Bertz CT molecular complexity index is 345. The van der Waals surface area contributed by atoms with Crippen LogP contribution in [0.3, 0.4) is 0 Å². The summed E-state index contributed by atoms with van der Waals surface area (Å²) in [4.78, 5) is 0. The van der Waals surface area contributed by atoms with Crippen molar-refractivity contribution in [2.24, 2.45) is 0 Å². The molecule has 15 heavy (non-hydrogen) atoms. The highest BCUT2D eigenvalue weighted by Gasteiger charge is 2.41. The van der Waals surface area contributed by atoms with Crippen LogP contribution in [0.5, 0.6) is 0 Å². The molecule has 2 nitrogen and oxygen atoms in total. The van der Waals surface area contributed by atoms with E-state index in [1.54, 1.807) is 0 Å². The molecule has 0 fully saturated rings. The van der Waals surface area contributed by atoms with Crippen LogP contribution in [-0.2, 0) is 6.61 Å². The first-order chi connectivity index (χ1) is 6.70. The molecule has 1 aromatic rings. The van der Waals surface area contributed by atoms with Crippen LogP contribution < -0.4 is 5.38 Å². The van der Waals surface area contributed by atoms with E-state index in [9.17, 15) is 5.11 Å². The zero-order chi connectivity index (χ0) is 11.9. The molecule has 1 heterocycles. The van der Waals surface area contributed by atoms with Gasteiger partial charge in [0.25, 0.3) is 0 Å². The van der Waals surface area contributed by atoms with Crippen LogP contribution in [0.2, 0.25) is 18.1 Å². The van der Waals surface area contributed by atoms with Crippen molar-refractivity contribution < 1.29 is 9.52 Å². The maximum Gasteiger partial charge on any atom is 0.132 e. The van der Waals surface area contributed by atoms with Crippen molar-refractivity contribution in [3.8, 4) is 0 Å². The minimum atomic E-state index is -1.65. The first-order valence-electron chi connectivity index (χ1n) is 5.41. The van der Waals surface area contributed by atoms with Gasteiger partial charge in [-0.25, -0.2) is 0 Å². The highest BCUT2D eigenvalue weighted by molar-refractivity contribution is 6.91. The molecule has 0 unspecified atom stereocenters. The molecule has 1 aromatic heterocycles. The number of hydrogen-bond donors (Lipinski definition) is 1. The molecule has 0 aliphatic rings. The third-order valence-electron chi connectivity index (χ3n) is 3.55. The van der Waals surface area contributed by atoms with Crippen molar-refractivity contribution in [2.75, 3.05) is 0 Å². The first kappa shape index (κ1) is 12.5. The average Bonchev–Trinajstić information content (AvgIpc) is 2.45. The number of rotatable bonds is 2. The van der Waals surface area contributed by atoms with Gasteiger partial charge >= 0.3 is 0 Å². The summed E-state index contributed by atoms with van der Waals surface area (Å²) in [5.74, 6) is 0.902. The van der Waals surface area contributed by atoms with Crippen LogP contribution in [-0.4, -0.2) is 13.2 Å². The molecule has 0 saturated carbocycles. The lowest BCUT2D eigenvalue weighted by Gasteiger charge is -2.35. The number of hydrogen-bond acceptors (Lipinski definition) is 2. The fourth-order valence-electron chi connectivity index (χ4n) is 1.55. The SMILES string of the molecule is Cc1cc(CO)c([Si](C)(C)C(C)(C)C)o1. The summed E-state index contributed by atoms with van der Waals surface area (Å²) in [5, 5.41) is 10.6. The molecule has 0 spiro atoms. The standard InChI is InChI=1S/C12H22O2Si/c1-9-7-10(8-13)11(14-9)15(5,6)12(2,3)4/h7,13H,8H2,1-6H3. The van der Waals surface area contributed by atoms with E-state index < -0.39 is 8.07 Å². The maximum atomic E-state index is 9.32. The molecule has 0 amide bonds. The summed E-state index contributed by atoms with van der Waals surface area (Å²) in [5.41, 5.74) is 0.971. The van der Waals surface area contributed by atoms with Crippen LogP contribution >= 0.6 is 0 Å². The second-order valence-electron chi connectivity index (χ2n) is 5.74. The molecule has 0 bridgehead atoms. The molecule has 86 valence electrons. The van der Waals surface area contributed by atoms with Gasteiger partial charge in [0.1, 0.15) is 13.8 Å². The molecular weight excluding hydrogens is 204 g/mol. The Morgan fingerprint density at radius 3 is 2.27 bits per heavy atom. The van der Waals surface area contributed by atoms with Gasteiger partial charge in [0.05, 0.1) is 12.0 Å². The Balaban J connectivity index is 3.25. The molecule has 3 heteroatoms. The topological polar surface area (TPSA) is 33.4 Å². The minimum Gasteiger partial charge on any atom is -0.471 e. The van der Waals surface area contributed by atoms with Crippen molar-refractivity contribution in [3.05, 3.63) is 17.4 Å². The van der Waals surface area contributed by atoms with Crippen LogP contribution in [0.4, 0.5) is 0 Å². The lowest BCUT2D eigenvalue weighted by Crippen LogP contribution is -2.50. The smallest absolute Gasteiger partial charge is 0.132 e. The molecule has 0 atom stereocenters. The summed E-state index contributed by atoms with van der Waals surface area (Å²) in [6.07, 6.45) is 0. The third kappa shape index (κ3) is 2.18. The van der Waals surface area contributed by atoms with Crippen molar-refractivity contribution in [3.63, 3.8) is 0 Å². The third-order valence-corrected chi connectivity index (χ3v) is 8.85. The monoisotopic (exact) mass is 226 g/mol. The van der Waals surface area contributed by atoms with E-state index in [1.807, 2.05) is 13.0 Å². The largest absolute Gasteiger partial charge is 0.471 e. The van der Waals surface area contributed by atoms with E-state index >= 15 is 0 Å². The summed E-state index contributed by atoms with van der Waals surface area (Å²) in [7, 11) is -1.65. The Kier molecular flexibility index (Phi) is 3.17.